The van der Waals surface area contributed by atoms with Crippen molar-refractivity contribution in [3.05, 3.63) is 81.0 Å². The average Bonchev–Trinajstić information content (AvgIpc) is 3.19. The van der Waals surface area contributed by atoms with Crippen LogP contribution in [0.1, 0.15) is 48.0 Å². The Morgan fingerprint density at radius 3 is 2.18 bits per heavy atom. The van der Waals surface area contributed by atoms with E-state index in [0.717, 1.165) is 0 Å². The number of aromatic nitrogens is 3. The molecule has 0 saturated heterocycles. The van der Waals surface area contributed by atoms with Crippen molar-refractivity contribution in [1.29, 1.82) is 0 Å². The normalized spacial score (nSPS) is 13.3. The van der Waals surface area contributed by atoms with Crippen LogP contribution in [0.4, 0.5) is 26.3 Å². The van der Waals surface area contributed by atoms with Crippen molar-refractivity contribution < 1.29 is 31.1 Å². The molecule has 3 rings (SSSR count). The van der Waals surface area contributed by atoms with Gasteiger partial charge in [0, 0.05) is 11.6 Å². The summed E-state index contributed by atoms with van der Waals surface area (Å²) in [5.41, 5.74) is -2.82. The lowest BCUT2D eigenvalue weighted by Crippen LogP contribution is -2.27. The highest BCUT2D eigenvalue weighted by Crippen LogP contribution is 2.37. The first-order valence-corrected chi connectivity index (χ1v) is 10.3. The summed E-state index contributed by atoms with van der Waals surface area (Å²) in [5, 5.41) is 6.17. The van der Waals surface area contributed by atoms with Gasteiger partial charge in [-0.3, -0.25) is 9.88 Å². The van der Waals surface area contributed by atoms with E-state index in [0.29, 0.717) is 42.4 Å². The summed E-state index contributed by atoms with van der Waals surface area (Å²) in [4.78, 5) is 15.8. The Hall–Kier alpha value is -3.28. The SMILES string of the molecule is CCN(Cc1n[nH]c(=O)[nH]1)[C@@H](C)c1ccccc1OCc1cc(C(F)(F)F)cc(C(F)(F)F)c1. The summed E-state index contributed by atoms with van der Waals surface area (Å²) in [6, 6.07) is 7.85. The molecule has 3 aromatic rings. The van der Waals surface area contributed by atoms with Gasteiger partial charge in [0.05, 0.1) is 17.7 Å². The van der Waals surface area contributed by atoms with Crippen LogP contribution < -0.4 is 10.4 Å². The van der Waals surface area contributed by atoms with E-state index < -0.39 is 35.8 Å². The molecular weight excluding hydrogens is 466 g/mol. The molecule has 0 aliphatic rings. The predicted molar refractivity (Wildman–Crippen MR) is 111 cm³/mol. The summed E-state index contributed by atoms with van der Waals surface area (Å²) in [6.07, 6.45) is -9.87. The molecular formula is C22H22F6N4O2. The maximum Gasteiger partial charge on any atom is 0.416 e. The number of nitrogens with zero attached hydrogens (tertiary/aromatic N) is 2. The van der Waals surface area contributed by atoms with Crippen LogP contribution in [-0.4, -0.2) is 26.6 Å². The number of nitrogens with one attached hydrogen (secondary N) is 2. The molecule has 2 aromatic carbocycles. The van der Waals surface area contributed by atoms with Gasteiger partial charge in [-0.2, -0.15) is 31.4 Å². The molecule has 0 bridgehead atoms. The van der Waals surface area contributed by atoms with Gasteiger partial charge in [0.25, 0.3) is 0 Å². The molecule has 6 nitrogen and oxygen atoms in total. The minimum absolute atomic E-state index is 0.0814. The molecule has 0 unspecified atom stereocenters. The summed E-state index contributed by atoms with van der Waals surface area (Å²) < 4.78 is 84.5. The number of rotatable bonds is 8. The standard InChI is InChI=1S/C22H22F6N4O2/c1-3-32(11-19-29-20(33)31-30-19)13(2)17-6-4-5-7-18(17)34-12-14-8-15(21(23,24)25)10-16(9-14)22(26,27)28/h4-10,13H,3,11-12H2,1-2H3,(H2,29,30,31,33)/t13-/m0/s1. The molecule has 1 heterocycles. The predicted octanol–water partition coefficient (Wildman–Crippen LogP) is 5.30. The van der Waals surface area contributed by atoms with Crippen LogP contribution in [0.3, 0.4) is 0 Å². The lowest BCUT2D eigenvalue weighted by molar-refractivity contribution is -0.143. The number of hydrogen-bond donors (Lipinski definition) is 2. The monoisotopic (exact) mass is 488 g/mol. The fraction of sp³-hybridized carbons (Fsp3) is 0.364. The highest BCUT2D eigenvalue weighted by Gasteiger charge is 2.37. The number of hydrogen-bond acceptors (Lipinski definition) is 4. The van der Waals surface area contributed by atoms with E-state index >= 15 is 0 Å². The van der Waals surface area contributed by atoms with Crippen molar-refractivity contribution in [2.24, 2.45) is 0 Å². The maximum atomic E-state index is 13.1. The third-order valence-electron chi connectivity index (χ3n) is 5.27. The van der Waals surface area contributed by atoms with Crippen LogP contribution in [-0.2, 0) is 25.5 Å². The van der Waals surface area contributed by atoms with Gasteiger partial charge in [0.1, 0.15) is 18.2 Å². The Labute approximate surface area is 190 Å². The number of halogens is 6. The van der Waals surface area contributed by atoms with Crippen LogP contribution in [0.15, 0.2) is 47.3 Å². The van der Waals surface area contributed by atoms with Crippen LogP contribution in [0, 0.1) is 0 Å². The van der Waals surface area contributed by atoms with Crippen molar-refractivity contribution >= 4 is 0 Å². The maximum absolute atomic E-state index is 13.1. The second-order valence-electron chi connectivity index (χ2n) is 7.60. The fourth-order valence-electron chi connectivity index (χ4n) is 3.51. The molecule has 0 radical (unpaired) electrons. The number of para-hydroxylation sites is 1. The molecule has 0 spiro atoms. The van der Waals surface area contributed by atoms with Gasteiger partial charge in [-0.25, -0.2) is 9.89 Å². The lowest BCUT2D eigenvalue weighted by Gasteiger charge is -2.28. The number of ether oxygens (including phenoxy) is 1. The zero-order valence-corrected chi connectivity index (χ0v) is 18.2. The summed E-state index contributed by atoms with van der Waals surface area (Å²) in [6.45, 7) is 4.13. The third-order valence-corrected chi connectivity index (χ3v) is 5.27. The molecule has 12 heteroatoms. The zero-order valence-electron chi connectivity index (χ0n) is 18.2. The number of H-pyrrole nitrogens is 2. The highest BCUT2D eigenvalue weighted by atomic mass is 19.4. The van der Waals surface area contributed by atoms with Crippen LogP contribution in [0.5, 0.6) is 5.75 Å². The lowest BCUT2D eigenvalue weighted by atomic mass is 10.0. The molecule has 1 aromatic heterocycles. The Kier molecular flexibility index (Phi) is 7.39. The van der Waals surface area contributed by atoms with E-state index in [1.807, 2.05) is 18.7 Å². The van der Waals surface area contributed by atoms with Gasteiger partial charge in [0.2, 0.25) is 0 Å². The van der Waals surface area contributed by atoms with Gasteiger partial charge >= 0.3 is 18.0 Å². The summed E-state index contributed by atoms with van der Waals surface area (Å²) >= 11 is 0. The van der Waals surface area contributed by atoms with E-state index in [4.69, 9.17) is 4.74 Å². The fourth-order valence-corrected chi connectivity index (χ4v) is 3.51. The Morgan fingerprint density at radius 2 is 1.65 bits per heavy atom. The van der Waals surface area contributed by atoms with Crippen LogP contribution in [0.25, 0.3) is 0 Å². The molecule has 34 heavy (non-hydrogen) atoms. The molecule has 1 atom stereocenters. The number of aromatic amines is 2. The molecule has 0 saturated carbocycles. The first-order chi connectivity index (χ1) is 15.9. The van der Waals surface area contributed by atoms with Crippen molar-refractivity contribution in [2.75, 3.05) is 6.54 Å². The van der Waals surface area contributed by atoms with E-state index in [1.54, 1.807) is 24.3 Å². The van der Waals surface area contributed by atoms with Crippen LogP contribution >= 0.6 is 0 Å². The quantitative estimate of drug-likeness (QED) is 0.422. The number of alkyl halides is 6. The van der Waals surface area contributed by atoms with E-state index in [-0.39, 0.29) is 17.7 Å². The topological polar surface area (TPSA) is 74.0 Å². The first kappa shape index (κ1) is 25.3. The van der Waals surface area contributed by atoms with Crippen molar-refractivity contribution in [3.63, 3.8) is 0 Å². The molecule has 184 valence electrons. The molecule has 0 aliphatic heterocycles. The smallest absolute Gasteiger partial charge is 0.416 e. The Bertz CT molecular complexity index is 1140. The van der Waals surface area contributed by atoms with Crippen molar-refractivity contribution in [3.8, 4) is 5.75 Å². The van der Waals surface area contributed by atoms with Crippen molar-refractivity contribution in [1.82, 2.24) is 20.1 Å². The minimum Gasteiger partial charge on any atom is -0.489 e. The second kappa shape index (κ2) is 9.92. The second-order valence-corrected chi connectivity index (χ2v) is 7.60. The first-order valence-electron chi connectivity index (χ1n) is 10.3. The zero-order chi connectivity index (χ0) is 25.1. The summed E-state index contributed by atoms with van der Waals surface area (Å²) in [7, 11) is 0. The van der Waals surface area contributed by atoms with Gasteiger partial charge in [-0.15, -0.1) is 0 Å². The minimum atomic E-state index is -4.93. The van der Waals surface area contributed by atoms with Gasteiger partial charge in [0.15, 0.2) is 0 Å². The molecule has 0 fully saturated rings. The molecule has 2 N–H and O–H groups in total. The third kappa shape index (κ3) is 6.19. The van der Waals surface area contributed by atoms with Gasteiger partial charge < -0.3 is 4.74 Å². The average molecular weight is 488 g/mol. The van der Waals surface area contributed by atoms with E-state index in [1.165, 1.54) is 0 Å². The Balaban J connectivity index is 1.84. The number of benzene rings is 2. The largest absolute Gasteiger partial charge is 0.489 e. The highest BCUT2D eigenvalue weighted by molar-refractivity contribution is 5.37. The molecule has 0 amide bonds. The van der Waals surface area contributed by atoms with Crippen LogP contribution in [0.2, 0.25) is 0 Å². The van der Waals surface area contributed by atoms with E-state index in [9.17, 15) is 31.1 Å². The van der Waals surface area contributed by atoms with Gasteiger partial charge in [-0.1, -0.05) is 25.1 Å². The Morgan fingerprint density at radius 1 is 1.03 bits per heavy atom. The molecule has 0 aliphatic carbocycles. The van der Waals surface area contributed by atoms with Gasteiger partial charge in [-0.05, 0) is 43.3 Å². The van der Waals surface area contributed by atoms with Crippen molar-refractivity contribution in [2.45, 2.75) is 45.4 Å². The van der Waals surface area contributed by atoms with E-state index in [2.05, 4.69) is 15.2 Å². The summed E-state index contributed by atoms with van der Waals surface area (Å²) in [5.74, 6) is 0.732.